The Hall–Kier alpha value is -1.47. The Kier molecular flexibility index (Phi) is 3.71. The van der Waals surface area contributed by atoms with Gasteiger partial charge >= 0.3 is 0 Å². The lowest BCUT2D eigenvalue weighted by Crippen LogP contribution is -2.52. The number of amides is 1. The van der Waals surface area contributed by atoms with Crippen molar-refractivity contribution in [2.24, 2.45) is 5.92 Å². The van der Waals surface area contributed by atoms with Crippen LogP contribution in [0.15, 0.2) is 39.0 Å². The van der Waals surface area contributed by atoms with Crippen molar-refractivity contribution < 1.29 is 4.79 Å². The number of rotatable bonds is 3. The molecule has 1 fully saturated rings. The van der Waals surface area contributed by atoms with Crippen molar-refractivity contribution in [3.8, 4) is 0 Å². The SMILES string of the molecule is O=C(c1ccc(Br)s1)N1CC(Cn2ncccc2=O)C1. The lowest BCUT2D eigenvalue weighted by atomic mass is 10.00. The van der Waals surface area contributed by atoms with Gasteiger partial charge in [0.25, 0.3) is 11.5 Å². The Labute approximate surface area is 128 Å². The Morgan fingerprint density at radius 3 is 2.85 bits per heavy atom. The van der Waals surface area contributed by atoms with Gasteiger partial charge in [0.2, 0.25) is 0 Å². The molecule has 7 heteroatoms. The lowest BCUT2D eigenvalue weighted by Gasteiger charge is -2.38. The maximum atomic E-state index is 12.1. The average molecular weight is 354 g/mol. The fourth-order valence-electron chi connectivity index (χ4n) is 2.21. The van der Waals surface area contributed by atoms with E-state index in [0.717, 1.165) is 8.66 Å². The third kappa shape index (κ3) is 2.69. The predicted octanol–water partition coefficient (Wildman–Crippen LogP) is 1.84. The molecule has 0 bridgehead atoms. The summed E-state index contributed by atoms with van der Waals surface area (Å²) in [6.45, 7) is 1.92. The molecule has 0 aliphatic carbocycles. The van der Waals surface area contributed by atoms with Gasteiger partial charge in [-0.05, 0) is 34.1 Å². The van der Waals surface area contributed by atoms with Crippen LogP contribution < -0.4 is 5.56 Å². The van der Waals surface area contributed by atoms with Crippen molar-refractivity contribution in [1.29, 1.82) is 0 Å². The zero-order chi connectivity index (χ0) is 14.1. The monoisotopic (exact) mass is 353 g/mol. The summed E-state index contributed by atoms with van der Waals surface area (Å²) in [7, 11) is 0. The second kappa shape index (κ2) is 5.49. The number of carbonyl (C=O) groups excluding carboxylic acids is 1. The Morgan fingerprint density at radius 1 is 1.40 bits per heavy atom. The van der Waals surface area contributed by atoms with Crippen molar-refractivity contribution in [3.05, 3.63) is 49.5 Å². The topological polar surface area (TPSA) is 55.2 Å². The Bertz CT molecular complexity index is 691. The number of aromatic nitrogens is 2. The number of thiophene rings is 1. The van der Waals surface area contributed by atoms with E-state index in [1.165, 1.54) is 22.1 Å². The largest absolute Gasteiger partial charge is 0.337 e. The zero-order valence-electron chi connectivity index (χ0n) is 10.5. The van der Waals surface area contributed by atoms with Crippen molar-refractivity contribution in [2.75, 3.05) is 13.1 Å². The first kappa shape index (κ1) is 13.5. The van der Waals surface area contributed by atoms with Gasteiger partial charge in [-0.1, -0.05) is 0 Å². The summed E-state index contributed by atoms with van der Waals surface area (Å²) in [4.78, 5) is 26.2. The Balaban J connectivity index is 1.58. The molecule has 0 unspecified atom stereocenters. The highest BCUT2D eigenvalue weighted by Crippen LogP contribution is 2.26. The minimum absolute atomic E-state index is 0.0605. The molecule has 5 nitrogen and oxygen atoms in total. The minimum atomic E-state index is -0.0977. The number of nitrogens with zero attached hydrogens (tertiary/aromatic N) is 3. The molecule has 2 aromatic heterocycles. The normalized spacial score (nSPS) is 15.2. The summed E-state index contributed by atoms with van der Waals surface area (Å²) < 4.78 is 2.41. The molecule has 0 radical (unpaired) electrons. The van der Waals surface area contributed by atoms with Gasteiger partial charge in [0.15, 0.2) is 0 Å². The molecule has 0 aromatic carbocycles. The van der Waals surface area contributed by atoms with Crippen LogP contribution in [-0.2, 0) is 6.54 Å². The van der Waals surface area contributed by atoms with E-state index < -0.39 is 0 Å². The highest BCUT2D eigenvalue weighted by atomic mass is 79.9. The van der Waals surface area contributed by atoms with Crippen LogP contribution in [0.3, 0.4) is 0 Å². The first-order valence-corrected chi connectivity index (χ1v) is 7.81. The summed E-state index contributed by atoms with van der Waals surface area (Å²) in [5.74, 6) is 0.361. The maximum absolute atomic E-state index is 12.1. The van der Waals surface area contributed by atoms with Crippen LogP contribution >= 0.6 is 27.3 Å². The van der Waals surface area contributed by atoms with Crippen LogP contribution in [-0.4, -0.2) is 33.7 Å². The van der Waals surface area contributed by atoms with Gasteiger partial charge in [-0.25, -0.2) is 4.68 Å². The van der Waals surface area contributed by atoms with Gasteiger partial charge in [-0.15, -0.1) is 11.3 Å². The van der Waals surface area contributed by atoms with Crippen molar-refractivity contribution in [3.63, 3.8) is 0 Å². The standard InChI is InChI=1S/C13H12BrN3O2S/c14-11-4-3-10(20-11)13(19)16-6-9(7-16)8-17-12(18)2-1-5-15-17/h1-5,9H,6-8H2. The second-order valence-corrected chi connectivity index (χ2v) is 7.19. The molecule has 0 atom stereocenters. The predicted molar refractivity (Wildman–Crippen MR) is 79.9 cm³/mol. The van der Waals surface area contributed by atoms with Crippen LogP contribution in [0.2, 0.25) is 0 Å². The van der Waals surface area contributed by atoms with E-state index in [1.807, 2.05) is 12.1 Å². The number of halogens is 1. The van der Waals surface area contributed by atoms with E-state index in [4.69, 9.17) is 0 Å². The van der Waals surface area contributed by atoms with Crippen LogP contribution in [0.1, 0.15) is 9.67 Å². The van der Waals surface area contributed by atoms with E-state index in [2.05, 4.69) is 21.0 Å². The number of hydrogen-bond donors (Lipinski definition) is 0. The van der Waals surface area contributed by atoms with Crippen molar-refractivity contribution in [1.82, 2.24) is 14.7 Å². The van der Waals surface area contributed by atoms with Crippen LogP contribution in [0, 0.1) is 5.92 Å². The molecule has 1 aliphatic heterocycles. The van der Waals surface area contributed by atoms with E-state index in [0.29, 0.717) is 25.6 Å². The number of likely N-dealkylation sites (tertiary alicyclic amines) is 1. The third-order valence-corrected chi connectivity index (χ3v) is 4.86. The summed E-state index contributed by atoms with van der Waals surface area (Å²) >= 11 is 4.79. The molecule has 0 saturated carbocycles. The van der Waals surface area contributed by atoms with Gasteiger partial charge in [0, 0.05) is 31.3 Å². The lowest BCUT2D eigenvalue weighted by molar-refractivity contribution is 0.0463. The van der Waals surface area contributed by atoms with Gasteiger partial charge in [0.1, 0.15) is 0 Å². The summed E-state index contributed by atoms with van der Waals surface area (Å²) in [5, 5.41) is 4.03. The molecule has 1 aliphatic rings. The van der Waals surface area contributed by atoms with Gasteiger partial charge in [-0.2, -0.15) is 5.10 Å². The van der Waals surface area contributed by atoms with Gasteiger partial charge < -0.3 is 4.90 Å². The molecule has 3 rings (SSSR count). The number of hydrogen-bond acceptors (Lipinski definition) is 4. The van der Waals surface area contributed by atoms with E-state index in [-0.39, 0.29) is 11.5 Å². The molecule has 1 amide bonds. The van der Waals surface area contributed by atoms with Crippen LogP contribution in [0.5, 0.6) is 0 Å². The van der Waals surface area contributed by atoms with Crippen LogP contribution in [0.25, 0.3) is 0 Å². The summed E-state index contributed by atoms with van der Waals surface area (Å²) in [5.41, 5.74) is -0.0977. The third-order valence-electron chi connectivity index (χ3n) is 3.24. The van der Waals surface area contributed by atoms with Gasteiger partial charge in [-0.3, -0.25) is 9.59 Å². The molecule has 2 aromatic rings. The fraction of sp³-hybridized carbons (Fsp3) is 0.308. The molecule has 20 heavy (non-hydrogen) atoms. The molecule has 104 valence electrons. The van der Waals surface area contributed by atoms with Crippen molar-refractivity contribution in [2.45, 2.75) is 6.54 Å². The highest BCUT2D eigenvalue weighted by molar-refractivity contribution is 9.11. The van der Waals surface area contributed by atoms with Crippen molar-refractivity contribution >= 4 is 33.2 Å². The summed E-state index contributed by atoms with van der Waals surface area (Å²) in [6.07, 6.45) is 1.60. The molecule has 0 N–H and O–H groups in total. The minimum Gasteiger partial charge on any atom is -0.337 e. The molecular formula is C13H12BrN3O2S. The smallest absolute Gasteiger partial charge is 0.266 e. The molecular weight excluding hydrogens is 342 g/mol. The van der Waals surface area contributed by atoms with E-state index >= 15 is 0 Å². The van der Waals surface area contributed by atoms with Crippen LogP contribution in [0.4, 0.5) is 0 Å². The highest BCUT2D eigenvalue weighted by Gasteiger charge is 2.32. The first-order chi connectivity index (χ1) is 9.63. The average Bonchev–Trinajstić information content (AvgIpc) is 2.81. The van der Waals surface area contributed by atoms with E-state index in [1.54, 1.807) is 17.2 Å². The summed E-state index contributed by atoms with van der Waals surface area (Å²) in [6, 6.07) is 6.83. The van der Waals surface area contributed by atoms with E-state index in [9.17, 15) is 9.59 Å². The quantitative estimate of drug-likeness (QED) is 0.845. The maximum Gasteiger partial charge on any atom is 0.266 e. The molecule has 0 spiro atoms. The fourth-order valence-corrected chi connectivity index (χ4v) is 3.56. The zero-order valence-corrected chi connectivity index (χ0v) is 12.9. The molecule has 1 saturated heterocycles. The Morgan fingerprint density at radius 2 is 2.20 bits per heavy atom. The second-order valence-electron chi connectivity index (χ2n) is 4.72. The number of carbonyl (C=O) groups is 1. The van der Waals surface area contributed by atoms with Gasteiger partial charge in [0.05, 0.1) is 15.2 Å². The molecule has 3 heterocycles. The first-order valence-electron chi connectivity index (χ1n) is 6.20.